The number of hydrazone groups is 1. The van der Waals surface area contributed by atoms with Crippen LogP contribution in [-0.2, 0) is 4.79 Å². The van der Waals surface area contributed by atoms with E-state index < -0.39 is 0 Å². The number of amides is 1. The van der Waals surface area contributed by atoms with Crippen molar-refractivity contribution in [3.63, 3.8) is 0 Å². The summed E-state index contributed by atoms with van der Waals surface area (Å²) in [6, 6.07) is 33.9. The van der Waals surface area contributed by atoms with Crippen molar-refractivity contribution in [3.8, 4) is 5.69 Å². The Labute approximate surface area is 254 Å². The molecule has 0 unspecified atom stereocenters. The largest absolute Gasteiger partial charge is 0.338 e. The molecule has 0 radical (unpaired) electrons. The number of benzene rings is 4. The number of thioether (sulfide) groups is 1. The number of nitrogens with one attached hydrogen (secondary N) is 1. The molecule has 0 spiro atoms. The molecule has 3 heterocycles. The minimum absolute atomic E-state index is 0.216. The zero-order chi connectivity index (χ0) is 28.8. The summed E-state index contributed by atoms with van der Waals surface area (Å²) in [4.78, 5) is 31.5. The summed E-state index contributed by atoms with van der Waals surface area (Å²) >= 11 is 9.09. The normalized spacial score (nSPS) is 17.0. The van der Waals surface area contributed by atoms with Crippen LogP contribution in [0.5, 0.6) is 0 Å². The molecule has 10 heteroatoms. The van der Waals surface area contributed by atoms with Gasteiger partial charge in [-0.1, -0.05) is 78.0 Å². The molecule has 0 aliphatic carbocycles. The van der Waals surface area contributed by atoms with Gasteiger partial charge in [0.1, 0.15) is 19.8 Å². The van der Waals surface area contributed by atoms with E-state index in [2.05, 4.69) is 5.32 Å². The molecule has 1 N–H and O–H groups in total. The van der Waals surface area contributed by atoms with Crippen molar-refractivity contribution in [2.75, 3.05) is 22.3 Å². The standard InChI is InChI=1S/C32H22ClN5O2S2/c1-36-24-19-20(33)17-18-25(24)41-32(36)27-30(40)37(22-13-7-3-8-14-22)31(42-27)26-28(34-21-11-5-2-6-12-21)35-38(29(26)39)23-15-9-4-10-16-23/h2-19H,1H3,(H,34,35)/b31-26+,32-27-. The molecule has 0 saturated heterocycles. The lowest BCUT2D eigenvalue weighted by atomic mass is 10.2. The van der Waals surface area contributed by atoms with Gasteiger partial charge < -0.3 is 10.2 Å². The van der Waals surface area contributed by atoms with E-state index in [4.69, 9.17) is 16.7 Å². The molecule has 0 fully saturated rings. The molecule has 2 aliphatic rings. The highest BCUT2D eigenvalue weighted by atomic mass is 35.5. The highest BCUT2D eigenvalue weighted by Gasteiger charge is 2.35. The van der Waals surface area contributed by atoms with Crippen LogP contribution < -0.4 is 30.0 Å². The van der Waals surface area contributed by atoms with E-state index in [1.807, 2.05) is 121 Å². The fourth-order valence-corrected chi connectivity index (χ4v) is 7.53. The maximum absolute atomic E-state index is 14.3. The van der Waals surface area contributed by atoms with Gasteiger partial charge >= 0.3 is 0 Å². The van der Waals surface area contributed by atoms with Gasteiger partial charge in [-0.2, -0.15) is 5.01 Å². The summed E-state index contributed by atoms with van der Waals surface area (Å²) in [5, 5.41) is 10.8. The van der Waals surface area contributed by atoms with E-state index in [-0.39, 0.29) is 11.5 Å². The van der Waals surface area contributed by atoms with Crippen LogP contribution in [0.2, 0.25) is 5.02 Å². The molecule has 1 aromatic heterocycles. The summed E-state index contributed by atoms with van der Waals surface area (Å²) in [5.74, 6) is 0.0321. The Balaban J connectivity index is 1.52. The zero-order valence-electron chi connectivity index (χ0n) is 22.2. The molecule has 206 valence electrons. The number of carbonyl (C=O) groups is 1. The Kier molecular flexibility index (Phi) is 6.70. The number of fused-ring (bicyclic) bond motifs is 1. The van der Waals surface area contributed by atoms with Crippen molar-refractivity contribution in [2.45, 2.75) is 4.90 Å². The monoisotopic (exact) mass is 607 g/mol. The van der Waals surface area contributed by atoms with Crippen LogP contribution in [-0.4, -0.2) is 23.4 Å². The van der Waals surface area contributed by atoms with Gasteiger partial charge in [0.05, 0.1) is 17.1 Å². The number of carbonyl (C=O) groups excluding carboxylic acids is 1. The molecular formula is C32H22ClN5O2S2. The van der Waals surface area contributed by atoms with Gasteiger partial charge in [-0.05, 0) is 54.6 Å². The number of thiazole rings is 1. The lowest BCUT2D eigenvalue weighted by Gasteiger charge is -2.12. The smallest absolute Gasteiger partial charge is 0.285 e. The first-order chi connectivity index (χ1) is 20.5. The van der Waals surface area contributed by atoms with E-state index in [9.17, 15) is 9.59 Å². The quantitative estimate of drug-likeness (QED) is 0.294. The van der Waals surface area contributed by atoms with Crippen LogP contribution in [0.25, 0.3) is 16.3 Å². The fraction of sp³-hybridized carbons (Fsp3) is 0.0312. The van der Waals surface area contributed by atoms with E-state index in [1.165, 1.54) is 28.1 Å². The molecular weight excluding hydrogens is 586 g/mol. The number of hydrogen-bond donors (Lipinski definition) is 1. The third kappa shape index (κ3) is 4.52. The van der Waals surface area contributed by atoms with Crippen molar-refractivity contribution in [1.82, 2.24) is 4.57 Å². The van der Waals surface area contributed by atoms with Crippen LogP contribution in [0.1, 0.15) is 0 Å². The van der Waals surface area contributed by atoms with Crippen molar-refractivity contribution < 1.29 is 4.79 Å². The summed E-state index contributed by atoms with van der Waals surface area (Å²) in [7, 11) is 1.92. The predicted octanol–water partition coefficient (Wildman–Crippen LogP) is 5.48. The van der Waals surface area contributed by atoms with Gasteiger partial charge in [0, 0.05) is 22.7 Å². The van der Waals surface area contributed by atoms with Gasteiger partial charge in [-0.3, -0.25) is 14.2 Å². The highest BCUT2D eigenvalue weighted by molar-refractivity contribution is 8.08. The second-order valence-electron chi connectivity index (χ2n) is 9.56. The van der Waals surface area contributed by atoms with Crippen LogP contribution >= 0.6 is 34.7 Å². The molecule has 7 nitrogen and oxygen atoms in total. The van der Waals surface area contributed by atoms with Crippen molar-refractivity contribution in [1.29, 1.82) is 0 Å². The lowest BCUT2D eigenvalue weighted by Crippen LogP contribution is -2.35. The zero-order valence-corrected chi connectivity index (χ0v) is 24.6. The number of para-hydroxylation sites is 3. The molecule has 2 aliphatic heterocycles. The van der Waals surface area contributed by atoms with E-state index in [0.717, 1.165) is 21.3 Å². The highest BCUT2D eigenvalue weighted by Crippen LogP contribution is 2.46. The number of nitrogens with zero attached hydrogens (tertiary/aromatic N) is 4. The van der Waals surface area contributed by atoms with Crippen molar-refractivity contribution >= 4 is 74.1 Å². The van der Waals surface area contributed by atoms with Crippen molar-refractivity contribution in [3.05, 3.63) is 134 Å². The summed E-state index contributed by atoms with van der Waals surface area (Å²) < 4.78 is 2.62. The summed E-state index contributed by atoms with van der Waals surface area (Å²) in [6.07, 6.45) is 0. The van der Waals surface area contributed by atoms with E-state index >= 15 is 0 Å². The molecule has 0 atom stereocenters. The van der Waals surface area contributed by atoms with Gasteiger partial charge in [0.2, 0.25) is 0 Å². The number of aromatic nitrogens is 1. The Morgan fingerprint density at radius 1 is 0.810 bits per heavy atom. The van der Waals surface area contributed by atoms with Gasteiger partial charge in [-0.15, -0.1) is 16.4 Å². The first-order valence-electron chi connectivity index (χ1n) is 13.1. The number of hydrogen-bond acceptors (Lipinski definition) is 7. The number of halogens is 1. The first-order valence-corrected chi connectivity index (χ1v) is 15.1. The number of rotatable bonds is 3. The van der Waals surface area contributed by atoms with Gasteiger partial charge in [0.25, 0.3) is 11.5 Å². The minimum atomic E-state index is -0.329. The third-order valence-electron chi connectivity index (χ3n) is 6.90. The summed E-state index contributed by atoms with van der Waals surface area (Å²) in [5.41, 5.74) is 3.08. The molecule has 1 amide bonds. The summed E-state index contributed by atoms with van der Waals surface area (Å²) in [6.45, 7) is 0. The molecule has 5 aromatic rings. The fourth-order valence-electron chi connectivity index (χ4n) is 4.89. The van der Waals surface area contributed by atoms with Gasteiger partial charge in [-0.25, -0.2) is 0 Å². The molecule has 0 bridgehead atoms. The van der Waals surface area contributed by atoms with Crippen LogP contribution in [0, 0.1) is 0 Å². The third-order valence-corrected chi connectivity index (χ3v) is 9.65. The maximum atomic E-state index is 14.3. The average molecular weight is 608 g/mol. The topological polar surface area (TPSA) is 69.9 Å². The Morgan fingerprint density at radius 3 is 2.14 bits per heavy atom. The minimum Gasteiger partial charge on any atom is -0.338 e. The van der Waals surface area contributed by atoms with Crippen molar-refractivity contribution in [2.24, 2.45) is 5.10 Å². The van der Waals surface area contributed by atoms with E-state index in [1.54, 1.807) is 4.57 Å². The Bertz CT molecular complexity index is 2060. The SMILES string of the molecule is CN1/C(=c2/s/c(=C3/C(=O)N(c4ccccc4)N=C3Nc3ccccc3)n(-c3ccccc3)c2=O)Sc2ccc(Cl)cc21. The first kappa shape index (κ1) is 26.3. The van der Waals surface area contributed by atoms with E-state index in [0.29, 0.717) is 37.0 Å². The second kappa shape index (κ2) is 10.7. The maximum Gasteiger partial charge on any atom is 0.285 e. The Morgan fingerprint density at radius 2 is 1.45 bits per heavy atom. The number of anilines is 3. The predicted molar refractivity (Wildman–Crippen MR) is 173 cm³/mol. The van der Waals surface area contributed by atoms with Crippen LogP contribution in [0.15, 0.2) is 124 Å². The molecule has 4 aromatic carbocycles. The van der Waals surface area contributed by atoms with Gasteiger partial charge in [0.15, 0.2) is 5.84 Å². The second-order valence-corrected chi connectivity index (χ2v) is 12.0. The lowest BCUT2D eigenvalue weighted by molar-refractivity contribution is -0.112. The molecule has 0 saturated carbocycles. The van der Waals surface area contributed by atoms with Crippen LogP contribution in [0.3, 0.4) is 0 Å². The number of amidine groups is 1. The molecule has 7 rings (SSSR count). The average Bonchev–Trinajstić information content (AvgIpc) is 3.64. The van der Waals surface area contributed by atoms with Crippen LogP contribution in [0.4, 0.5) is 17.1 Å². The molecule has 42 heavy (non-hydrogen) atoms. The Hall–Kier alpha value is -4.57.